The number of anilines is 1. The van der Waals surface area contributed by atoms with Crippen LogP contribution < -0.4 is 5.32 Å². The van der Waals surface area contributed by atoms with E-state index in [9.17, 15) is 5.11 Å². The summed E-state index contributed by atoms with van der Waals surface area (Å²) in [6.45, 7) is 0.320. The maximum atomic E-state index is 10.1. The zero-order valence-corrected chi connectivity index (χ0v) is 12.2. The van der Waals surface area contributed by atoms with Crippen molar-refractivity contribution in [3.63, 3.8) is 0 Å². The van der Waals surface area contributed by atoms with Crippen LogP contribution in [0.3, 0.4) is 0 Å². The Morgan fingerprint density at radius 1 is 1.00 bits per heavy atom. The molecule has 1 unspecified atom stereocenters. The molecule has 0 aliphatic rings. The number of hydrogen-bond donors (Lipinski definition) is 2. The minimum absolute atomic E-state index is 0.320. The first kappa shape index (κ1) is 14.5. The zero-order valence-electron chi connectivity index (χ0n) is 9.91. The van der Waals surface area contributed by atoms with E-state index in [2.05, 4.69) is 5.32 Å². The summed E-state index contributed by atoms with van der Waals surface area (Å²) in [7, 11) is 0. The first-order chi connectivity index (χ1) is 9.06. The van der Waals surface area contributed by atoms with E-state index >= 15 is 0 Å². The molecule has 0 aromatic heterocycles. The molecule has 0 bridgehead atoms. The number of nitrogens with one attached hydrogen (secondary N) is 1. The first-order valence-corrected chi connectivity index (χ1v) is 6.82. The van der Waals surface area contributed by atoms with Gasteiger partial charge in [-0.15, -0.1) is 0 Å². The van der Waals surface area contributed by atoms with E-state index in [-0.39, 0.29) is 0 Å². The summed E-state index contributed by atoms with van der Waals surface area (Å²) in [5, 5.41) is 14.9. The fraction of sp³-hybridized carbons (Fsp3) is 0.143. The summed E-state index contributed by atoms with van der Waals surface area (Å²) < 4.78 is 0. The van der Waals surface area contributed by atoms with Crippen molar-refractivity contribution in [2.45, 2.75) is 6.10 Å². The topological polar surface area (TPSA) is 32.3 Å². The lowest BCUT2D eigenvalue weighted by Crippen LogP contribution is -2.12. The minimum Gasteiger partial charge on any atom is -0.387 e. The van der Waals surface area contributed by atoms with Gasteiger partial charge in [0.05, 0.1) is 6.10 Å². The van der Waals surface area contributed by atoms with Crippen LogP contribution in [0.2, 0.25) is 15.1 Å². The predicted octanol–water partition coefficient (Wildman–Crippen LogP) is 4.79. The average molecular weight is 317 g/mol. The summed E-state index contributed by atoms with van der Waals surface area (Å²) in [6.07, 6.45) is -0.745. The number of aliphatic hydroxyl groups is 1. The smallest absolute Gasteiger partial charge is 0.0977 e. The standard InChI is InChI=1S/C14H12Cl3NO/c15-9-2-1-3-11(6-9)18-8-14(19)12-7-10(16)4-5-13(12)17/h1-7,14,18-19H,8H2. The Labute approximate surface area is 126 Å². The molecular formula is C14H12Cl3NO. The second kappa shape index (κ2) is 6.49. The van der Waals surface area contributed by atoms with Gasteiger partial charge in [-0.25, -0.2) is 0 Å². The quantitative estimate of drug-likeness (QED) is 0.850. The second-order valence-electron chi connectivity index (χ2n) is 4.07. The lowest BCUT2D eigenvalue weighted by molar-refractivity contribution is 0.192. The van der Waals surface area contributed by atoms with E-state index in [1.807, 2.05) is 12.1 Å². The van der Waals surface area contributed by atoms with Crippen LogP contribution >= 0.6 is 34.8 Å². The van der Waals surface area contributed by atoms with Crippen molar-refractivity contribution in [1.29, 1.82) is 0 Å². The zero-order chi connectivity index (χ0) is 13.8. The third kappa shape index (κ3) is 4.02. The third-order valence-corrected chi connectivity index (χ3v) is 3.46. The molecule has 2 aromatic rings. The van der Waals surface area contributed by atoms with E-state index < -0.39 is 6.10 Å². The normalized spacial score (nSPS) is 12.2. The molecule has 0 fully saturated rings. The van der Waals surface area contributed by atoms with Crippen molar-refractivity contribution >= 4 is 40.5 Å². The molecule has 2 nitrogen and oxygen atoms in total. The Kier molecular flexibility index (Phi) is 4.94. The first-order valence-electron chi connectivity index (χ1n) is 5.69. The molecular weight excluding hydrogens is 305 g/mol. The van der Waals surface area contributed by atoms with Gasteiger partial charge in [0.1, 0.15) is 0 Å². The van der Waals surface area contributed by atoms with Crippen molar-refractivity contribution < 1.29 is 5.11 Å². The molecule has 0 aliphatic carbocycles. The van der Waals surface area contributed by atoms with Gasteiger partial charge >= 0.3 is 0 Å². The molecule has 2 rings (SSSR count). The van der Waals surface area contributed by atoms with Gasteiger partial charge in [0.2, 0.25) is 0 Å². The Morgan fingerprint density at radius 3 is 2.47 bits per heavy atom. The van der Waals surface area contributed by atoms with Crippen LogP contribution in [0, 0.1) is 0 Å². The Bertz CT molecular complexity index is 574. The number of benzene rings is 2. The van der Waals surface area contributed by atoms with E-state index in [0.717, 1.165) is 5.69 Å². The van der Waals surface area contributed by atoms with E-state index in [0.29, 0.717) is 27.2 Å². The van der Waals surface area contributed by atoms with Crippen molar-refractivity contribution in [2.24, 2.45) is 0 Å². The highest BCUT2D eigenvalue weighted by Gasteiger charge is 2.12. The van der Waals surface area contributed by atoms with Crippen molar-refractivity contribution in [3.05, 3.63) is 63.1 Å². The van der Waals surface area contributed by atoms with Crippen molar-refractivity contribution in [3.8, 4) is 0 Å². The molecule has 100 valence electrons. The maximum absolute atomic E-state index is 10.1. The third-order valence-electron chi connectivity index (χ3n) is 2.64. The highest BCUT2D eigenvalue weighted by atomic mass is 35.5. The number of aliphatic hydroxyl groups excluding tert-OH is 1. The summed E-state index contributed by atoms with van der Waals surface area (Å²) >= 11 is 17.8. The molecule has 2 aromatic carbocycles. The van der Waals surface area contributed by atoms with Gasteiger partial charge in [-0.2, -0.15) is 0 Å². The van der Waals surface area contributed by atoms with Crippen LogP contribution in [0.4, 0.5) is 5.69 Å². The molecule has 0 aliphatic heterocycles. The molecule has 0 saturated carbocycles. The molecule has 0 heterocycles. The summed E-state index contributed by atoms with van der Waals surface area (Å²) in [5.41, 5.74) is 1.44. The number of halogens is 3. The summed E-state index contributed by atoms with van der Waals surface area (Å²) in [4.78, 5) is 0. The highest BCUT2D eigenvalue weighted by Crippen LogP contribution is 2.26. The fourth-order valence-electron chi connectivity index (χ4n) is 1.69. The maximum Gasteiger partial charge on any atom is 0.0977 e. The van der Waals surface area contributed by atoms with Crippen LogP contribution in [0.1, 0.15) is 11.7 Å². The van der Waals surface area contributed by atoms with Crippen LogP contribution in [0.25, 0.3) is 0 Å². The van der Waals surface area contributed by atoms with Gasteiger partial charge in [-0.1, -0.05) is 40.9 Å². The molecule has 2 N–H and O–H groups in total. The van der Waals surface area contributed by atoms with Gasteiger partial charge in [0.15, 0.2) is 0 Å². The molecule has 5 heteroatoms. The van der Waals surface area contributed by atoms with E-state index in [1.165, 1.54) is 0 Å². The molecule has 0 radical (unpaired) electrons. The Balaban J connectivity index is 2.05. The SMILES string of the molecule is OC(CNc1cccc(Cl)c1)c1cc(Cl)ccc1Cl. The Hall–Kier alpha value is -0.930. The van der Waals surface area contributed by atoms with Gasteiger partial charge in [0, 0.05) is 32.9 Å². The lowest BCUT2D eigenvalue weighted by atomic mass is 10.1. The van der Waals surface area contributed by atoms with E-state index in [4.69, 9.17) is 34.8 Å². The molecule has 0 amide bonds. The van der Waals surface area contributed by atoms with Crippen LogP contribution in [-0.2, 0) is 0 Å². The van der Waals surface area contributed by atoms with Crippen LogP contribution in [0.15, 0.2) is 42.5 Å². The molecule has 0 saturated heterocycles. The molecule has 1 atom stereocenters. The van der Waals surface area contributed by atoms with Crippen molar-refractivity contribution in [1.82, 2.24) is 0 Å². The average Bonchev–Trinajstić information content (AvgIpc) is 2.39. The van der Waals surface area contributed by atoms with Gasteiger partial charge in [-0.05, 0) is 36.4 Å². The van der Waals surface area contributed by atoms with Gasteiger partial charge < -0.3 is 10.4 Å². The minimum atomic E-state index is -0.745. The molecule has 0 spiro atoms. The summed E-state index contributed by atoms with van der Waals surface area (Å²) in [5.74, 6) is 0. The lowest BCUT2D eigenvalue weighted by Gasteiger charge is -2.15. The molecule has 19 heavy (non-hydrogen) atoms. The number of hydrogen-bond acceptors (Lipinski definition) is 2. The summed E-state index contributed by atoms with van der Waals surface area (Å²) in [6, 6.07) is 12.3. The van der Waals surface area contributed by atoms with Crippen LogP contribution in [-0.4, -0.2) is 11.7 Å². The van der Waals surface area contributed by atoms with Crippen molar-refractivity contribution in [2.75, 3.05) is 11.9 Å². The fourth-order valence-corrected chi connectivity index (χ4v) is 2.31. The van der Waals surface area contributed by atoms with E-state index in [1.54, 1.807) is 30.3 Å². The van der Waals surface area contributed by atoms with Gasteiger partial charge in [-0.3, -0.25) is 0 Å². The second-order valence-corrected chi connectivity index (χ2v) is 5.35. The van der Waals surface area contributed by atoms with Gasteiger partial charge in [0.25, 0.3) is 0 Å². The monoisotopic (exact) mass is 315 g/mol. The largest absolute Gasteiger partial charge is 0.387 e. The highest BCUT2D eigenvalue weighted by molar-refractivity contribution is 6.33. The Morgan fingerprint density at radius 2 is 1.74 bits per heavy atom. The van der Waals surface area contributed by atoms with Crippen LogP contribution in [0.5, 0.6) is 0 Å². The predicted molar refractivity (Wildman–Crippen MR) is 81.4 cm³/mol. The number of rotatable bonds is 4.